The first-order chi connectivity index (χ1) is 11.1. The fourth-order valence-corrected chi connectivity index (χ4v) is 3.66. The predicted octanol–water partition coefficient (Wildman–Crippen LogP) is 3.54. The number of rotatable bonds is 5. The summed E-state index contributed by atoms with van der Waals surface area (Å²) in [5, 5.41) is 6.07. The largest absolute Gasteiger partial charge is 0.326 e. The lowest BCUT2D eigenvalue weighted by Crippen LogP contribution is -2.18. The maximum absolute atomic E-state index is 12.2. The first-order valence-corrected chi connectivity index (χ1v) is 9.01. The number of carbonyl (C=O) groups excluding carboxylic acids is 1. The van der Waals surface area contributed by atoms with E-state index in [1.165, 1.54) is 37.1 Å². The van der Waals surface area contributed by atoms with Crippen LogP contribution in [0.25, 0.3) is 0 Å². The molecule has 1 aromatic heterocycles. The van der Waals surface area contributed by atoms with Crippen LogP contribution in [0.4, 0.5) is 5.69 Å². The van der Waals surface area contributed by atoms with Crippen molar-refractivity contribution in [3.63, 3.8) is 0 Å². The highest BCUT2D eigenvalue weighted by Gasteiger charge is 2.14. The second kappa shape index (κ2) is 7.23. The van der Waals surface area contributed by atoms with E-state index in [4.69, 9.17) is 0 Å². The van der Waals surface area contributed by atoms with E-state index in [2.05, 4.69) is 29.0 Å². The van der Waals surface area contributed by atoms with Gasteiger partial charge in [0.1, 0.15) is 5.01 Å². The summed E-state index contributed by atoms with van der Waals surface area (Å²) in [6.45, 7) is 7.38. The number of carbonyl (C=O) groups is 1. The number of aryl methyl sites for hydroxylation is 2. The van der Waals surface area contributed by atoms with E-state index in [-0.39, 0.29) is 5.91 Å². The normalized spacial score (nSPS) is 15.0. The molecular weight excluding hydrogens is 306 g/mol. The second-order valence-corrected chi connectivity index (χ2v) is 7.18. The smallest absolute Gasteiger partial charge is 0.230 e. The molecule has 4 nitrogen and oxygen atoms in total. The minimum atomic E-state index is -0.00808. The van der Waals surface area contributed by atoms with Crippen LogP contribution in [0.2, 0.25) is 0 Å². The molecule has 122 valence electrons. The summed E-state index contributed by atoms with van der Waals surface area (Å²) in [6.07, 6.45) is 2.91. The van der Waals surface area contributed by atoms with Crippen molar-refractivity contribution in [3.05, 3.63) is 45.4 Å². The highest BCUT2D eigenvalue weighted by molar-refractivity contribution is 7.09. The Kier molecular flexibility index (Phi) is 5.08. The molecule has 1 N–H and O–H groups in total. The van der Waals surface area contributed by atoms with Crippen LogP contribution in [-0.2, 0) is 17.8 Å². The molecule has 1 fully saturated rings. The molecule has 1 aromatic carbocycles. The highest BCUT2D eigenvalue weighted by Crippen LogP contribution is 2.18. The lowest BCUT2D eigenvalue weighted by atomic mass is 10.1. The fraction of sp³-hybridized carbons (Fsp3) is 0.444. The van der Waals surface area contributed by atoms with Gasteiger partial charge in [-0.15, -0.1) is 11.3 Å². The lowest BCUT2D eigenvalue weighted by molar-refractivity contribution is -0.115. The van der Waals surface area contributed by atoms with Crippen LogP contribution in [0, 0.1) is 13.8 Å². The number of hydrogen-bond donors (Lipinski definition) is 1. The van der Waals surface area contributed by atoms with Crippen LogP contribution in [-0.4, -0.2) is 28.9 Å². The van der Waals surface area contributed by atoms with Crippen molar-refractivity contribution >= 4 is 22.9 Å². The molecule has 2 heterocycles. The van der Waals surface area contributed by atoms with Crippen molar-refractivity contribution in [3.8, 4) is 0 Å². The summed E-state index contributed by atoms with van der Waals surface area (Å²) in [5.74, 6) is -0.00808. The average molecular weight is 329 g/mol. The summed E-state index contributed by atoms with van der Waals surface area (Å²) in [4.78, 5) is 19.2. The second-order valence-electron chi connectivity index (χ2n) is 6.24. The van der Waals surface area contributed by atoms with Gasteiger partial charge >= 0.3 is 0 Å². The third-order valence-electron chi connectivity index (χ3n) is 4.29. The van der Waals surface area contributed by atoms with Gasteiger partial charge in [0.25, 0.3) is 0 Å². The van der Waals surface area contributed by atoms with Crippen LogP contribution < -0.4 is 5.32 Å². The minimum absolute atomic E-state index is 0.00808. The molecular formula is C18H23N3OS. The monoisotopic (exact) mass is 329 g/mol. The molecule has 0 radical (unpaired) electrons. The molecule has 0 aliphatic carbocycles. The molecule has 1 saturated heterocycles. The van der Waals surface area contributed by atoms with Crippen molar-refractivity contribution in [2.24, 2.45) is 0 Å². The van der Waals surface area contributed by atoms with Gasteiger partial charge in [-0.2, -0.15) is 0 Å². The highest BCUT2D eigenvalue weighted by atomic mass is 32.1. The Balaban J connectivity index is 1.55. The Labute approximate surface area is 141 Å². The van der Waals surface area contributed by atoms with E-state index < -0.39 is 0 Å². The molecule has 0 bridgehead atoms. The minimum Gasteiger partial charge on any atom is -0.326 e. The molecule has 0 atom stereocenters. The van der Waals surface area contributed by atoms with Crippen molar-refractivity contribution in [2.45, 2.75) is 39.7 Å². The Morgan fingerprint density at radius 2 is 2.04 bits per heavy atom. The van der Waals surface area contributed by atoms with Crippen LogP contribution >= 0.6 is 11.3 Å². The number of anilines is 1. The molecule has 23 heavy (non-hydrogen) atoms. The zero-order valence-electron chi connectivity index (χ0n) is 13.8. The van der Waals surface area contributed by atoms with Gasteiger partial charge in [0.2, 0.25) is 5.91 Å². The summed E-state index contributed by atoms with van der Waals surface area (Å²) in [5.41, 5.74) is 4.13. The van der Waals surface area contributed by atoms with Crippen molar-refractivity contribution in [1.29, 1.82) is 0 Å². The third-order valence-corrected chi connectivity index (χ3v) is 5.17. The number of aromatic nitrogens is 1. The molecule has 0 spiro atoms. The van der Waals surface area contributed by atoms with E-state index in [1.807, 2.05) is 23.6 Å². The van der Waals surface area contributed by atoms with Crippen molar-refractivity contribution in [1.82, 2.24) is 9.88 Å². The number of nitrogens with zero attached hydrogens (tertiary/aromatic N) is 2. The van der Waals surface area contributed by atoms with E-state index >= 15 is 0 Å². The quantitative estimate of drug-likeness (QED) is 0.912. The van der Waals surface area contributed by atoms with Gasteiger partial charge in [-0.05, 0) is 63.0 Å². The van der Waals surface area contributed by atoms with Gasteiger partial charge in [0, 0.05) is 11.1 Å². The van der Waals surface area contributed by atoms with Crippen molar-refractivity contribution in [2.75, 3.05) is 18.4 Å². The summed E-state index contributed by atoms with van der Waals surface area (Å²) in [6, 6.07) is 5.98. The summed E-state index contributed by atoms with van der Waals surface area (Å²) < 4.78 is 0. The fourth-order valence-electron chi connectivity index (χ4n) is 2.82. The first kappa shape index (κ1) is 16.1. The maximum atomic E-state index is 12.2. The molecule has 3 rings (SSSR count). The number of thiazole rings is 1. The van der Waals surface area contributed by atoms with E-state index in [1.54, 1.807) is 11.3 Å². The van der Waals surface area contributed by atoms with E-state index in [9.17, 15) is 4.79 Å². The standard InChI is InChI=1S/C18H23N3OS/c1-13-5-6-15(9-14(13)2)19-17(22)10-16-12-23-18(20-16)11-21-7-3-4-8-21/h5-6,9,12H,3-4,7-8,10-11H2,1-2H3,(H,19,22). The van der Waals surface area contributed by atoms with Crippen LogP contribution in [0.1, 0.15) is 34.7 Å². The molecule has 1 amide bonds. The zero-order chi connectivity index (χ0) is 16.2. The number of hydrogen-bond acceptors (Lipinski definition) is 4. The van der Waals surface area contributed by atoms with Crippen molar-refractivity contribution < 1.29 is 4.79 Å². The number of likely N-dealkylation sites (tertiary alicyclic amines) is 1. The predicted molar refractivity (Wildman–Crippen MR) is 94.9 cm³/mol. The van der Waals surface area contributed by atoms with Gasteiger partial charge in [-0.1, -0.05) is 6.07 Å². The Bertz CT molecular complexity index is 689. The third kappa shape index (κ3) is 4.39. The topological polar surface area (TPSA) is 45.2 Å². The molecule has 2 aromatic rings. The van der Waals surface area contributed by atoms with Gasteiger partial charge in [0.05, 0.1) is 18.7 Å². The molecule has 0 saturated carbocycles. The first-order valence-electron chi connectivity index (χ1n) is 8.13. The van der Waals surface area contributed by atoms with E-state index in [0.717, 1.165) is 22.9 Å². The van der Waals surface area contributed by atoms with Crippen LogP contribution in [0.3, 0.4) is 0 Å². The van der Waals surface area contributed by atoms with Crippen LogP contribution in [0.5, 0.6) is 0 Å². The molecule has 5 heteroatoms. The number of benzene rings is 1. The van der Waals surface area contributed by atoms with Gasteiger partial charge < -0.3 is 5.32 Å². The van der Waals surface area contributed by atoms with Gasteiger partial charge in [-0.3, -0.25) is 9.69 Å². The Hall–Kier alpha value is -1.72. The number of amides is 1. The van der Waals surface area contributed by atoms with E-state index in [0.29, 0.717) is 6.42 Å². The van der Waals surface area contributed by atoms with Crippen LogP contribution in [0.15, 0.2) is 23.6 Å². The molecule has 1 aliphatic heterocycles. The Morgan fingerprint density at radius 3 is 2.78 bits per heavy atom. The SMILES string of the molecule is Cc1ccc(NC(=O)Cc2csc(CN3CCCC3)n2)cc1C. The maximum Gasteiger partial charge on any atom is 0.230 e. The molecule has 0 unspecified atom stereocenters. The zero-order valence-corrected chi connectivity index (χ0v) is 14.6. The summed E-state index contributed by atoms with van der Waals surface area (Å²) >= 11 is 1.66. The average Bonchev–Trinajstić information content (AvgIpc) is 3.16. The molecule has 1 aliphatic rings. The lowest BCUT2D eigenvalue weighted by Gasteiger charge is -2.11. The van der Waals surface area contributed by atoms with Gasteiger partial charge in [0.15, 0.2) is 0 Å². The Morgan fingerprint density at radius 1 is 1.26 bits per heavy atom. The summed E-state index contributed by atoms with van der Waals surface area (Å²) in [7, 11) is 0. The van der Waals surface area contributed by atoms with Gasteiger partial charge in [-0.25, -0.2) is 4.98 Å². The number of nitrogens with one attached hydrogen (secondary N) is 1.